The van der Waals surface area contributed by atoms with Crippen molar-refractivity contribution in [2.24, 2.45) is 0 Å². The molecule has 0 aliphatic rings. The predicted octanol–water partition coefficient (Wildman–Crippen LogP) is 4.67. The van der Waals surface area contributed by atoms with Gasteiger partial charge >= 0.3 is 12.4 Å². The van der Waals surface area contributed by atoms with Gasteiger partial charge in [-0.15, -0.1) is 0 Å². The van der Waals surface area contributed by atoms with E-state index in [0.717, 1.165) is 0 Å². The first-order valence-corrected chi connectivity index (χ1v) is 5.10. The second kappa shape index (κ2) is 5.46. The molecule has 1 aromatic rings. The maximum absolute atomic E-state index is 12.2. The van der Waals surface area contributed by atoms with Crippen LogP contribution in [0, 0.1) is 0 Å². The van der Waals surface area contributed by atoms with Crippen LogP contribution in [0.2, 0.25) is 0 Å². The molecule has 0 radical (unpaired) electrons. The molecule has 0 nitrogen and oxygen atoms in total. The Hall–Kier alpha value is -1.46. The van der Waals surface area contributed by atoms with Gasteiger partial charge in [0.1, 0.15) is 5.57 Å². The van der Waals surface area contributed by atoms with Crippen LogP contribution in [0.4, 0.5) is 26.3 Å². The van der Waals surface area contributed by atoms with E-state index in [1.807, 2.05) is 0 Å². The lowest BCUT2D eigenvalue weighted by Gasteiger charge is -2.14. The summed E-state index contributed by atoms with van der Waals surface area (Å²) in [6, 6.07) is 8.36. The number of allylic oxidation sites excluding steroid dienone is 2. The molecular weight excluding hydrogens is 258 g/mol. The number of hydrogen-bond donors (Lipinski definition) is 0. The van der Waals surface area contributed by atoms with Crippen molar-refractivity contribution in [3.63, 3.8) is 0 Å². The summed E-state index contributed by atoms with van der Waals surface area (Å²) in [5.74, 6) is 0. The fourth-order valence-electron chi connectivity index (χ4n) is 1.42. The highest BCUT2D eigenvalue weighted by Crippen LogP contribution is 2.38. The van der Waals surface area contributed by atoms with Crippen LogP contribution in [0.5, 0.6) is 0 Å². The van der Waals surface area contributed by atoms with Crippen molar-refractivity contribution in [3.8, 4) is 0 Å². The van der Waals surface area contributed by atoms with Crippen molar-refractivity contribution >= 4 is 0 Å². The summed E-state index contributed by atoms with van der Waals surface area (Å²) in [6.45, 7) is 0. The van der Waals surface area contributed by atoms with Crippen molar-refractivity contribution in [2.75, 3.05) is 0 Å². The van der Waals surface area contributed by atoms with Gasteiger partial charge in [-0.05, 0) is 18.4 Å². The van der Waals surface area contributed by atoms with Gasteiger partial charge in [-0.1, -0.05) is 36.4 Å². The zero-order valence-corrected chi connectivity index (χ0v) is 9.15. The van der Waals surface area contributed by atoms with E-state index in [4.69, 9.17) is 0 Å². The summed E-state index contributed by atoms with van der Waals surface area (Å²) in [6.07, 6.45) is -10.7. The van der Waals surface area contributed by atoms with Gasteiger partial charge in [-0.3, -0.25) is 0 Å². The molecule has 0 N–H and O–H groups in total. The summed E-state index contributed by atoms with van der Waals surface area (Å²) in [5, 5.41) is 0. The highest BCUT2D eigenvalue weighted by atomic mass is 19.4. The van der Waals surface area contributed by atoms with Gasteiger partial charge in [0.05, 0.1) is 0 Å². The molecule has 1 aromatic carbocycles. The summed E-state index contributed by atoms with van der Waals surface area (Å²) >= 11 is 0. The van der Waals surface area contributed by atoms with Crippen molar-refractivity contribution in [2.45, 2.75) is 25.2 Å². The van der Waals surface area contributed by atoms with E-state index in [2.05, 4.69) is 0 Å². The molecule has 0 spiro atoms. The monoisotopic (exact) mass is 268 g/mol. The highest BCUT2D eigenvalue weighted by molar-refractivity contribution is 5.18. The van der Waals surface area contributed by atoms with Gasteiger partial charge in [-0.25, -0.2) is 0 Å². The normalized spacial score (nSPS) is 12.3. The first-order valence-electron chi connectivity index (χ1n) is 5.10. The topological polar surface area (TPSA) is 0 Å². The molecule has 0 aromatic heterocycles. The van der Waals surface area contributed by atoms with E-state index >= 15 is 0 Å². The lowest BCUT2D eigenvalue weighted by molar-refractivity contribution is -0.172. The Balaban J connectivity index is 2.74. The largest absolute Gasteiger partial charge is 0.420 e. The smallest absolute Gasteiger partial charge is 0.166 e. The number of halogens is 6. The first-order chi connectivity index (χ1) is 8.21. The maximum atomic E-state index is 12.2. The second-order valence-corrected chi connectivity index (χ2v) is 3.64. The van der Waals surface area contributed by atoms with Crippen molar-refractivity contribution in [1.29, 1.82) is 0 Å². The van der Waals surface area contributed by atoms with Crippen LogP contribution >= 0.6 is 0 Å². The lowest BCUT2D eigenvalue weighted by atomic mass is 10.1. The van der Waals surface area contributed by atoms with E-state index in [-0.39, 0.29) is 18.9 Å². The van der Waals surface area contributed by atoms with E-state index < -0.39 is 17.9 Å². The molecule has 6 heteroatoms. The molecular formula is C12H10F6. The SMILES string of the molecule is FC(F)(F)C(=CCCc1ccccc1)C(F)(F)F. The molecule has 18 heavy (non-hydrogen) atoms. The Labute approximate surface area is 99.9 Å². The van der Waals surface area contributed by atoms with Crippen molar-refractivity contribution in [3.05, 3.63) is 47.5 Å². The zero-order valence-electron chi connectivity index (χ0n) is 9.15. The van der Waals surface area contributed by atoms with Crippen LogP contribution in [0.1, 0.15) is 12.0 Å². The molecule has 0 atom stereocenters. The standard InChI is InChI=1S/C12H10F6/c13-11(14,15)10(12(16,17)18)8-4-7-9-5-2-1-3-6-9/h1-3,5-6,8H,4,7H2. The predicted molar refractivity (Wildman–Crippen MR) is 55.0 cm³/mol. The van der Waals surface area contributed by atoms with Crippen LogP contribution in [-0.4, -0.2) is 12.4 Å². The molecule has 0 unspecified atom stereocenters. The highest BCUT2D eigenvalue weighted by Gasteiger charge is 2.50. The van der Waals surface area contributed by atoms with E-state index in [9.17, 15) is 26.3 Å². The average molecular weight is 268 g/mol. The molecule has 0 saturated carbocycles. The van der Waals surface area contributed by atoms with Gasteiger partial charge in [0, 0.05) is 0 Å². The second-order valence-electron chi connectivity index (χ2n) is 3.64. The van der Waals surface area contributed by atoms with Gasteiger partial charge in [0.2, 0.25) is 0 Å². The molecule has 1 rings (SSSR count). The number of rotatable bonds is 3. The van der Waals surface area contributed by atoms with E-state index in [1.165, 1.54) is 0 Å². The Bertz CT molecular complexity index is 383. The maximum Gasteiger partial charge on any atom is 0.420 e. The Morgan fingerprint density at radius 1 is 0.889 bits per heavy atom. The zero-order chi connectivity index (χ0) is 13.8. The summed E-state index contributed by atoms with van der Waals surface area (Å²) < 4.78 is 72.9. The molecule has 0 amide bonds. The number of hydrogen-bond acceptors (Lipinski definition) is 0. The molecule has 0 saturated heterocycles. The van der Waals surface area contributed by atoms with Crippen LogP contribution in [0.3, 0.4) is 0 Å². The molecule has 0 heterocycles. The molecule has 0 bridgehead atoms. The van der Waals surface area contributed by atoms with E-state index in [1.54, 1.807) is 30.3 Å². The quantitative estimate of drug-likeness (QED) is 0.552. The number of benzene rings is 1. The number of aryl methyl sites for hydroxylation is 1. The Kier molecular flexibility index (Phi) is 4.43. The minimum absolute atomic E-state index is 0.135. The average Bonchev–Trinajstić information content (AvgIpc) is 2.22. The van der Waals surface area contributed by atoms with E-state index in [0.29, 0.717) is 5.56 Å². The molecule has 0 aliphatic heterocycles. The van der Waals surface area contributed by atoms with Gasteiger partial charge in [0.15, 0.2) is 0 Å². The minimum Gasteiger partial charge on any atom is -0.166 e. The van der Waals surface area contributed by atoms with Gasteiger partial charge in [-0.2, -0.15) is 26.3 Å². The third kappa shape index (κ3) is 4.43. The van der Waals surface area contributed by atoms with Crippen molar-refractivity contribution < 1.29 is 26.3 Å². The molecule has 0 fully saturated rings. The fourth-order valence-corrected chi connectivity index (χ4v) is 1.42. The van der Waals surface area contributed by atoms with Crippen LogP contribution in [0.25, 0.3) is 0 Å². The Morgan fingerprint density at radius 3 is 1.83 bits per heavy atom. The minimum atomic E-state index is -5.37. The molecule has 100 valence electrons. The third-order valence-electron chi connectivity index (χ3n) is 2.24. The molecule has 0 aliphatic carbocycles. The van der Waals surface area contributed by atoms with Gasteiger partial charge < -0.3 is 0 Å². The summed E-state index contributed by atoms with van der Waals surface area (Å²) in [4.78, 5) is 0. The third-order valence-corrected chi connectivity index (χ3v) is 2.24. The Morgan fingerprint density at radius 2 is 1.39 bits per heavy atom. The van der Waals surface area contributed by atoms with Crippen LogP contribution in [0.15, 0.2) is 42.0 Å². The van der Waals surface area contributed by atoms with Crippen LogP contribution in [-0.2, 0) is 6.42 Å². The van der Waals surface area contributed by atoms with Crippen molar-refractivity contribution in [1.82, 2.24) is 0 Å². The fraction of sp³-hybridized carbons (Fsp3) is 0.333. The summed E-state index contributed by atoms with van der Waals surface area (Å²) in [7, 11) is 0. The lowest BCUT2D eigenvalue weighted by Crippen LogP contribution is -2.26. The first kappa shape index (κ1) is 14.6. The van der Waals surface area contributed by atoms with Crippen LogP contribution < -0.4 is 0 Å². The number of alkyl halides is 6. The summed E-state index contributed by atoms with van der Waals surface area (Å²) in [5.41, 5.74) is -1.75. The van der Waals surface area contributed by atoms with Gasteiger partial charge in [0.25, 0.3) is 0 Å².